The van der Waals surface area contributed by atoms with E-state index in [-0.39, 0.29) is 46.5 Å². The zero-order valence-electron chi connectivity index (χ0n) is 18.4. The molecule has 0 radical (unpaired) electrons. The van der Waals surface area contributed by atoms with Crippen LogP contribution in [0.5, 0.6) is 0 Å². The molecule has 2 aromatic carbocycles. The summed E-state index contributed by atoms with van der Waals surface area (Å²) in [4.78, 5) is 49.0. The molecule has 1 saturated carbocycles. The summed E-state index contributed by atoms with van der Waals surface area (Å²) in [6.45, 7) is 0. The largest absolute Gasteiger partial charge is 0.511 e. The van der Waals surface area contributed by atoms with Crippen molar-refractivity contribution in [1.29, 1.82) is 0 Å². The summed E-state index contributed by atoms with van der Waals surface area (Å²) >= 11 is 0. The van der Waals surface area contributed by atoms with Gasteiger partial charge in [0.05, 0.1) is 11.8 Å². The van der Waals surface area contributed by atoms with Crippen molar-refractivity contribution in [2.45, 2.75) is 25.7 Å². The van der Waals surface area contributed by atoms with E-state index in [1.807, 2.05) is 12.1 Å². The van der Waals surface area contributed by atoms with Crippen LogP contribution in [0.2, 0.25) is 0 Å². The van der Waals surface area contributed by atoms with Gasteiger partial charge in [0.15, 0.2) is 23.1 Å². The Morgan fingerprint density at radius 3 is 1.21 bits per heavy atom. The monoisotopic (exact) mass is 456 g/mol. The number of Topliss-reactive ketones (excluding diaryl/α,β-unsaturated/α-hetero) is 4. The minimum Gasteiger partial charge on any atom is -0.511 e. The van der Waals surface area contributed by atoms with Gasteiger partial charge in [0.1, 0.15) is 11.5 Å². The summed E-state index contributed by atoms with van der Waals surface area (Å²) in [6, 6.07) is 13.7. The van der Waals surface area contributed by atoms with E-state index in [4.69, 9.17) is 0 Å². The Morgan fingerprint density at radius 2 is 0.853 bits per heavy atom. The van der Waals surface area contributed by atoms with Crippen molar-refractivity contribution >= 4 is 23.1 Å². The van der Waals surface area contributed by atoms with Gasteiger partial charge in [0.25, 0.3) is 0 Å². The SMILES string of the molecule is O=C1c2ccccc2C(=O)C2C(O)=CC=C(O)C12.O=C1c2ccccc2C(=O)C2CCCCC12. The highest BCUT2D eigenvalue weighted by molar-refractivity contribution is 6.18. The van der Waals surface area contributed by atoms with Crippen LogP contribution in [0.3, 0.4) is 0 Å². The molecule has 4 aliphatic rings. The van der Waals surface area contributed by atoms with Crippen LogP contribution in [0.25, 0.3) is 0 Å². The van der Waals surface area contributed by atoms with Gasteiger partial charge in [-0.3, -0.25) is 19.2 Å². The lowest BCUT2D eigenvalue weighted by Crippen LogP contribution is -2.40. The number of allylic oxidation sites excluding steroid dienone is 4. The summed E-state index contributed by atoms with van der Waals surface area (Å²) in [5.74, 6) is -2.66. The van der Waals surface area contributed by atoms with E-state index in [0.717, 1.165) is 25.7 Å². The lowest BCUT2D eigenvalue weighted by molar-refractivity contribution is 0.0677. The predicted molar refractivity (Wildman–Crippen MR) is 124 cm³/mol. The highest BCUT2D eigenvalue weighted by Crippen LogP contribution is 2.40. The fourth-order valence-corrected chi connectivity index (χ4v) is 5.61. The fourth-order valence-electron chi connectivity index (χ4n) is 5.61. The van der Waals surface area contributed by atoms with Crippen LogP contribution in [-0.4, -0.2) is 33.3 Å². The zero-order chi connectivity index (χ0) is 24.0. The van der Waals surface area contributed by atoms with Gasteiger partial charge in [-0.05, 0) is 25.0 Å². The fraction of sp³-hybridized carbons (Fsp3) is 0.286. The van der Waals surface area contributed by atoms with Crippen LogP contribution >= 0.6 is 0 Å². The van der Waals surface area contributed by atoms with E-state index in [1.54, 1.807) is 36.4 Å². The van der Waals surface area contributed by atoms with Crippen molar-refractivity contribution in [3.63, 3.8) is 0 Å². The number of ketones is 4. The van der Waals surface area contributed by atoms with Crippen molar-refractivity contribution in [2.24, 2.45) is 23.7 Å². The van der Waals surface area contributed by atoms with Crippen molar-refractivity contribution in [2.75, 3.05) is 0 Å². The van der Waals surface area contributed by atoms with E-state index in [1.165, 1.54) is 12.2 Å². The van der Waals surface area contributed by atoms with Gasteiger partial charge in [-0.25, -0.2) is 0 Å². The highest BCUT2D eigenvalue weighted by atomic mass is 16.3. The molecule has 2 N–H and O–H groups in total. The van der Waals surface area contributed by atoms with E-state index >= 15 is 0 Å². The van der Waals surface area contributed by atoms with Crippen molar-refractivity contribution < 1.29 is 29.4 Å². The number of rotatable bonds is 0. The maximum atomic E-state index is 12.3. The van der Waals surface area contributed by atoms with Crippen LogP contribution in [0.4, 0.5) is 0 Å². The average molecular weight is 456 g/mol. The van der Waals surface area contributed by atoms with E-state index < -0.39 is 11.8 Å². The van der Waals surface area contributed by atoms with Crippen LogP contribution in [-0.2, 0) is 0 Å². The van der Waals surface area contributed by atoms with Gasteiger partial charge in [-0.15, -0.1) is 0 Å². The molecule has 0 saturated heterocycles. The molecule has 4 atom stereocenters. The minimum absolute atomic E-state index is 0.0313. The zero-order valence-corrected chi connectivity index (χ0v) is 18.4. The topological polar surface area (TPSA) is 109 Å². The van der Waals surface area contributed by atoms with Crippen molar-refractivity contribution in [1.82, 2.24) is 0 Å². The minimum atomic E-state index is -0.989. The van der Waals surface area contributed by atoms with Gasteiger partial charge >= 0.3 is 0 Å². The first kappa shape index (κ1) is 22.0. The second-order valence-electron chi connectivity index (χ2n) is 9.18. The third-order valence-corrected chi connectivity index (χ3v) is 7.32. The van der Waals surface area contributed by atoms with Crippen LogP contribution < -0.4 is 0 Å². The smallest absolute Gasteiger partial charge is 0.175 e. The number of hydrogen-bond acceptors (Lipinski definition) is 6. The van der Waals surface area contributed by atoms with Crippen molar-refractivity contribution in [3.8, 4) is 0 Å². The van der Waals surface area contributed by atoms with Gasteiger partial charge in [-0.1, -0.05) is 61.4 Å². The van der Waals surface area contributed by atoms with E-state index in [2.05, 4.69) is 0 Å². The van der Waals surface area contributed by atoms with Gasteiger partial charge in [-0.2, -0.15) is 0 Å². The summed E-state index contributed by atoms with van der Waals surface area (Å²) in [5.41, 5.74) is 1.91. The molecule has 0 heterocycles. The Balaban J connectivity index is 0.000000142. The second-order valence-corrected chi connectivity index (χ2v) is 9.18. The quantitative estimate of drug-likeness (QED) is 0.573. The lowest BCUT2D eigenvalue weighted by atomic mass is 9.67. The molecule has 0 aliphatic heterocycles. The van der Waals surface area contributed by atoms with E-state index in [9.17, 15) is 29.4 Å². The Bertz CT molecular complexity index is 1190. The molecule has 34 heavy (non-hydrogen) atoms. The number of carbonyl (C=O) groups is 4. The van der Waals surface area contributed by atoms with Crippen LogP contribution in [0, 0.1) is 23.7 Å². The molecular weight excluding hydrogens is 432 g/mol. The summed E-state index contributed by atoms with van der Waals surface area (Å²) < 4.78 is 0. The standard InChI is InChI=1S/C14H10O4.C14H14O2/c15-9-5-6-10(16)12-11(9)13(17)7-3-1-2-4-8(7)14(12)18;15-13-9-5-1-2-6-10(9)14(16)12-8-4-3-7-11(12)13/h1-6,11-12,15-16H;1-2,5-6,11-12H,3-4,7-8H2. The molecule has 4 aliphatic carbocycles. The Kier molecular flexibility index (Phi) is 5.52. The molecule has 0 bridgehead atoms. The molecule has 0 spiro atoms. The number of carbonyl (C=O) groups excluding carboxylic acids is 4. The number of hydrogen-bond donors (Lipinski definition) is 2. The normalized spacial score (nSPS) is 27.2. The summed E-state index contributed by atoms with van der Waals surface area (Å²) in [5, 5.41) is 19.5. The summed E-state index contributed by atoms with van der Waals surface area (Å²) in [7, 11) is 0. The Labute approximate surface area is 196 Å². The average Bonchev–Trinajstić information content (AvgIpc) is 2.87. The predicted octanol–water partition coefficient (Wildman–Crippen LogP) is 5.07. The molecule has 0 amide bonds. The molecule has 4 unspecified atom stereocenters. The third kappa shape index (κ3) is 3.41. The first-order valence-corrected chi connectivity index (χ1v) is 11.5. The second kappa shape index (κ2) is 8.52. The van der Waals surface area contributed by atoms with Gasteiger partial charge < -0.3 is 10.2 Å². The van der Waals surface area contributed by atoms with E-state index in [0.29, 0.717) is 22.3 Å². The van der Waals surface area contributed by atoms with Crippen molar-refractivity contribution in [3.05, 3.63) is 94.5 Å². The molecule has 6 rings (SSSR count). The molecule has 0 aromatic heterocycles. The molecule has 1 fully saturated rings. The number of aliphatic hydroxyl groups excluding tert-OH is 2. The molecule has 172 valence electrons. The Morgan fingerprint density at radius 1 is 0.529 bits per heavy atom. The molecule has 6 heteroatoms. The lowest BCUT2D eigenvalue weighted by Gasteiger charge is -2.33. The number of fused-ring (bicyclic) bond motifs is 4. The first-order chi connectivity index (χ1) is 16.4. The maximum absolute atomic E-state index is 12.3. The highest BCUT2D eigenvalue weighted by Gasteiger charge is 2.46. The molecule has 6 nitrogen and oxygen atoms in total. The molecule has 2 aromatic rings. The van der Waals surface area contributed by atoms with Gasteiger partial charge in [0.2, 0.25) is 0 Å². The number of aliphatic hydroxyl groups is 2. The Hall–Kier alpha value is -3.80. The van der Waals surface area contributed by atoms with Crippen LogP contribution in [0.1, 0.15) is 67.1 Å². The first-order valence-electron chi connectivity index (χ1n) is 11.5. The van der Waals surface area contributed by atoms with Crippen LogP contribution in [0.15, 0.2) is 72.2 Å². The summed E-state index contributed by atoms with van der Waals surface area (Å²) in [6.07, 6.45) is 6.48. The number of benzene rings is 2. The maximum Gasteiger partial charge on any atom is 0.175 e. The third-order valence-electron chi connectivity index (χ3n) is 7.32. The molecular formula is C28H24O6. The van der Waals surface area contributed by atoms with Gasteiger partial charge in [0, 0.05) is 34.1 Å².